The lowest BCUT2D eigenvalue weighted by molar-refractivity contribution is 0.0952. The molecule has 20 heavy (non-hydrogen) atoms. The molecular formula is C14H11ClN2O3. The summed E-state index contributed by atoms with van der Waals surface area (Å²) in [5.74, 6) is -0.738. The maximum absolute atomic E-state index is 11.8. The molecule has 0 spiro atoms. The van der Waals surface area contributed by atoms with E-state index in [-0.39, 0.29) is 17.1 Å². The zero-order valence-electron chi connectivity index (χ0n) is 10.2. The summed E-state index contributed by atoms with van der Waals surface area (Å²) in [5, 5.41) is 23.1. The first-order valence-electron chi connectivity index (χ1n) is 5.68. The Balaban J connectivity index is 2.09. The van der Waals surface area contributed by atoms with Gasteiger partial charge in [0, 0.05) is 10.6 Å². The molecule has 0 unspecified atom stereocenters. The normalized spacial score (nSPS) is 10.7. The van der Waals surface area contributed by atoms with Gasteiger partial charge in [-0.2, -0.15) is 5.10 Å². The summed E-state index contributed by atoms with van der Waals surface area (Å²) >= 11 is 5.75. The van der Waals surface area contributed by atoms with Gasteiger partial charge in [0.15, 0.2) is 0 Å². The number of nitrogens with one attached hydrogen (secondary N) is 1. The molecule has 2 aromatic carbocycles. The van der Waals surface area contributed by atoms with Crippen molar-refractivity contribution in [3.05, 3.63) is 58.6 Å². The summed E-state index contributed by atoms with van der Waals surface area (Å²) in [6.45, 7) is 0. The first kappa shape index (κ1) is 13.9. The largest absolute Gasteiger partial charge is 0.507 e. The molecule has 102 valence electrons. The van der Waals surface area contributed by atoms with E-state index in [1.165, 1.54) is 30.5 Å². The molecule has 0 fully saturated rings. The van der Waals surface area contributed by atoms with Gasteiger partial charge >= 0.3 is 0 Å². The molecule has 1 amide bonds. The summed E-state index contributed by atoms with van der Waals surface area (Å²) in [5.41, 5.74) is 2.72. The van der Waals surface area contributed by atoms with Crippen LogP contribution in [0.15, 0.2) is 47.6 Å². The van der Waals surface area contributed by atoms with E-state index >= 15 is 0 Å². The fraction of sp³-hybridized carbons (Fsp3) is 0. The number of hydrazone groups is 1. The molecule has 0 atom stereocenters. The molecule has 6 heteroatoms. The molecular weight excluding hydrogens is 280 g/mol. The average molecular weight is 291 g/mol. The number of phenolic OH excluding ortho intramolecular Hbond substituents is 2. The van der Waals surface area contributed by atoms with Crippen molar-refractivity contribution in [2.24, 2.45) is 5.10 Å². The third-order valence-corrected chi connectivity index (χ3v) is 2.74. The molecule has 0 radical (unpaired) electrons. The van der Waals surface area contributed by atoms with Crippen molar-refractivity contribution in [3.63, 3.8) is 0 Å². The lowest BCUT2D eigenvalue weighted by Gasteiger charge is -2.03. The van der Waals surface area contributed by atoms with E-state index in [0.717, 1.165) is 0 Å². The van der Waals surface area contributed by atoms with Gasteiger partial charge < -0.3 is 10.2 Å². The number of phenols is 2. The number of benzene rings is 2. The summed E-state index contributed by atoms with van der Waals surface area (Å²) in [6.07, 6.45) is 1.30. The Morgan fingerprint density at radius 3 is 2.65 bits per heavy atom. The third kappa shape index (κ3) is 3.27. The number of carbonyl (C=O) groups excluding carboxylic acids is 1. The molecule has 0 saturated carbocycles. The van der Waals surface area contributed by atoms with Gasteiger partial charge in [0.25, 0.3) is 5.91 Å². The SMILES string of the molecule is O=C(NN=Cc1ccccc1O)c1cc(Cl)ccc1O. The van der Waals surface area contributed by atoms with Crippen molar-refractivity contribution in [2.75, 3.05) is 0 Å². The molecule has 0 aliphatic heterocycles. The van der Waals surface area contributed by atoms with E-state index in [9.17, 15) is 15.0 Å². The minimum Gasteiger partial charge on any atom is -0.507 e. The monoisotopic (exact) mass is 290 g/mol. The summed E-state index contributed by atoms with van der Waals surface area (Å²) < 4.78 is 0. The topological polar surface area (TPSA) is 81.9 Å². The maximum atomic E-state index is 11.8. The van der Waals surface area contributed by atoms with Crippen molar-refractivity contribution < 1.29 is 15.0 Å². The van der Waals surface area contributed by atoms with E-state index in [0.29, 0.717) is 10.6 Å². The van der Waals surface area contributed by atoms with Crippen LogP contribution < -0.4 is 5.43 Å². The van der Waals surface area contributed by atoms with Crippen LogP contribution in [0.5, 0.6) is 11.5 Å². The van der Waals surface area contributed by atoms with Crippen molar-refractivity contribution in [2.45, 2.75) is 0 Å². The lowest BCUT2D eigenvalue weighted by Crippen LogP contribution is -2.17. The van der Waals surface area contributed by atoms with Crippen LogP contribution in [0, 0.1) is 0 Å². The zero-order valence-corrected chi connectivity index (χ0v) is 11.0. The van der Waals surface area contributed by atoms with Gasteiger partial charge in [-0.25, -0.2) is 5.43 Å². The summed E-state index contributed by atoms with van der Waals surface area (Å²) in [6, 6.07) is 10.7. The second-order valence-electron chi connectivity index (χ2n) is 3.92. The Hall–Kier alpha value is -2.53. The first-order valence-corrected chi connectivity index (χ1v) is 6.05. The van der Waals surface area contributed by atoms with Crippen molar-refractivity contribution in [1.29, 1.82) is 0 Å². The van der Waals surface area contributed by atoms with Gasteiger partial charge in [0.05, 0.1) is 11.8 Å². The number of carbonyl (C=O) groups is 1. The number of aromatic hydroxyl groups is 2. The Labute approximate surface area is 120 Å². The van der Waals surface area contributed by atoms with Crippen LogP contribution in [-0.2, 0) is 0 Å². The Bertz CT molecular complexity index is 671. The standard InChI is InChI=1S/C14H11ClN2O3/c15-10-5-6-13(19)11(7-10)14(20)17-16-8-9-3-1-2-4-12(9)18/h1-8,18-19H,(H,17,20). The van der Waals surface area contributed by atoms with Crippen LogP contribution in [0.1, 0.15) is 15.9 Å². The Morgan fingerprint density at radius 1 is 1.15 bits per heavy atom. The van der Waals surface area contributed by atoms with Gasteiger partial charge in [0.1, 0.15) is 11.5 Å². The fourth-order valence-electron chi connectivity index (χ4n) is 1.51. The van der Waals surface area contributed by atoms with Crippen LogP contribution in [0.25, 0.3) is 0 Å². The van der Waals surface area contributed by atoms with Crippen LogP contribution in [-0.4, -0.2) is 22.3 Å². The van der Waals surface area contributed by atoms with Gasteiger partial charge in [-0.3, -0.25) is 4.79 Å². The Morgan fingerprint density at radius 2 is 1.90 bits per heavy atom. The number of para-hydroxylation sites is 1. The number of halogens is 1. The molecule has 0 heterocycles. The molecule has 2 aromatic rings. The van der Waals surface area contributed by atoms with Gasteiger partial charge in [-0.05, 0) is 30.3 Å². The van der Waals surface area contributed by atoms with Crippen LogP contribution in [0.4, 0.5) is 0 Å². The van der Waals surface area contributed by atoms with Crippen LogP contribution in [0.2, 0.25) is 5.02 Å². The number of hydrogen-bond acceptors (Lipinski definition) is 4. The van der Waals surface area contributed by atoms with Crippen LogP contribution >= 0.6 is 11.6 Å². The summed E-state index contributed by atoms with van der Waals surface area (Å²) in [4.78, 5) is 11.8. The van der Waals surface area contributed by atoms with Crippen molar-refractivity contribution >= 4 is 23.7 Å². The second kappa shape index (κ2) is 6.08. The third-order valence-electron chi connectivity index (χ3n) is 2.51. The highest BCUT2D eigenvalue weighted by Crippen LogP contribution is 2.21. The summed E-state index contributed by atoms with van der Waals surface area (Å²) in [7, 11) is 0. The molecule has 0 aromatic heterocycles. The Kier molecular flexibility index (Phi) is 4.22. The first-order chi connectivity index (χ1) is 9.58. The lowest BCUT2D eigenvalue weighted by atomic mass is 10.2. The molecule has 0 bridgehead atoms. The molecule has 2 rings (SSSR count). The number of rotatable bonds is 3. The van der Waals surface area contributed by atoms with Gasteiger partial charge in [-0.15, -0.1) is 0 Å². The van der Waals surface area contributed by atoms with Crippen molar-refractivity contribution in [1.82, 2.24) is 5.43 Å². The van der Waals surface area contributed by atoms with Crippen LogP contribution in [0.3, 0.4) is 0 Å². The average Bonchev–Trinajstić information content (AvgIpc) is 2.43. The van der Waals surface area contributed by atoms with E-state index < -0.39 is 5.91 Å². The minimum absolute atomic E-state index is 0.0203. The predicted octanol–water partition coefficient (Wildman–Crippen LogP) is 2.52. The quantitative estimate of drug-likeness (QED) is 0.600. The second-order valence-corrected chi connectivity index (χ2v) is 4.36. The number of nitrogens with zero attached hydrogens (tertiary/aromatic N) is 1. The van der Waals surface area contributed by atoms with Crippen molar-refractivity contribution in [3.8, 4) is 11.5 Å². The van der Waals surface area contributed by atoms with Gasteiger partial charge in [-0.1, -0.05) is 23.7 Å². The molecule has 0 aliphatic carbocycles. The fourth-order valence-corrected chi connectivity index (χ4v) is 1.68. The highest BCUT2D eigenvalue weighted by molar-refractivity contribution is 6.31. The molecule has 5 nitrogen and oxygen atoms in total. The molecule has 0 saturated heterocycles. The zero-order chi connectivity index (χ0) is 14.5. The molecule has 3 N–H and O–H groups in total. The highest BCUT2D eigenvalue weighted by atomic mass is 35.5. The number of amides is 1. The highest BCUT2D eigenvalue weighted by Gasteiger charge is 2.10. The number of hydrogen-bond donors (Lipinski definition) is 3. The van der Waals surface area contributed by atoms with E-state index in [1.807, 2.05) is 0 Å². The molecule has 0 aliphatic rings. The van der Waals surface area contributed by atoms with E-state index in [1.54, 1.807) is 18.2 Å². The predicted molar refractivity (Wildman–Crippen MR) is 76.3 cm³/mol. The smallest absolute Gasteiger partial charge is 0.275 e. The minimum atomic E-state index is -0.600. The van der Waals surface area contributed by atoms with E-state index in [4.69, 9.17) is 11.6 Å². The van der Waals surface area contributed by atoms with E-state index in [2.05, 4.69) is 10.5 Å². The van der Waals surface area contributed by atoms with Gasteiger partial charge in [0.2, 0.25) is 0 Å². The maximum Gasteiger partial charge on any atom is 0.275 e.